The number of ether oxygens (including phenoxy) is 2. The van der Waals surface area contributed by atoms with Crippen LogP contribution < -0.4 is 29.9 Å². The summed E-state index contributed by atoms with van der Waals surface area (Å²) in [4.78, 5) is 18.9. The molecule has 66 heavy (non-hydrogen) atoms. The SMILES string of the molecule is CCN(CC)c1ccc(/N=N/c2snc3sc(S(=O)(=O)O)c(OC)c23)c(Nc2nc(Nc3cc(N(CC)CC)ccc3/N=N/c3snc4sc(S(=O)(=O)O)c(OC)c34)nc(SCCO)n2)c1. The molecule has 22 nitrogen and oxygen atoms in total. The molecule has 0 aliphatic rings. The molecular formula is C37H41N13O9S7. The van der Waals surface area contributed by atoms with Gasteiger partial charge < -0.3 is 35.0 Å². The van der Waals surface area contributed by atoms with E-state index in [1.54, 1.807) is 12.1 Å². The molecule has 0 spiro atoms. The number of nitrogens with one attached hydrogen (secondary N) is 2. The van der Waals surface area contributed by atoms with Crippen molar-refractivity contribution in [2.24, 2.45) is 20.5 Å². The summed E-state index contributed by atoms with van der Waals surface area (Å²) in [7, 11) is -6.63. The molecule has 5 heterocycles. The Labute approximate surface area is 398 Å². The number of aliphatic hydroxyl groups excluding tert-OH is 1. The summed E-state index contributed by atoms with van der Waals surface area (Å²) in [5.74, 6) is 0.318. The van der Waals surface area contributed by atoms with Crippen molar-refractivity contribution in [2.45, 2.75) is 41.3 Å². The first-order valence-electron chi connectivity index (χ1n) is 19.7. The van der Waals surface area contributed by atoms with E-state index in [0.29, 0.717) is 69.4 Å². The molecule has 0 radical (unpaired) electrons. The Morgan fingerprint density at radius 1 is 0.667 bits per heavy atom. The van der Waals surface area contributed by atoms with Gasteiger partial charge in [-0.3, -0.25) is 9.11 Å². The van der Waals surface area contributed by atoms with Crippen molar-refractivity contribution in [3.8, 4) is 11.5 Å². The lowest BCUT2D eigenvalue weighted by molar-refractivity contribution is 0.322. The fourth-order valence-electron chi connectivity index (χ4n) is 6.48. The number of rotatable bonds is 21. The summed E-state index contributed by atoms with van der Waals surface area (Å²) in [6.45, 7) is 10.8. The van der Waals surface area contributed by atoms with Crippen LogP contribution in [0.5, 0.6) is 11.5 Å². The molecule has 0 aliphatic carbocycles. The lowest BCUT2D eigenvalue weighted by atomic mass is 10.2. The Hall–Kier alpha value is -5.24. The van der Waals surface area contributed by atoms with E-state index in [1.807, 2.05) is 52.0 Å². The van der Waals surface area contributed by atoms with Gasteiger partial charge in [-0.25, -0.2) is 0 Å². The van der Waals surface area contributed by atoms with Gasteiger partial charge in [-0.1, -0.05) is 34.4 Å². The molecule has 7 aromatic rings. The first-order chi connectivity index (χ1) is 31.6. The second-order valence-corrected chi connectivity index (χ2v) is 21.2. The summed E-state index contributed by atoms with van der Waals surface area (Å²) in [6, 6.07) is 11.0. The minimum absolute atomic E-state index is 0.0846. The molecule has 2 aromatic carbocycles. The van der Waals surface area contributed by atoms with Gasteiger partial charge in [-0.15, -0.1) is 20.5 Å². The molecule has 0 amide bonds. The van der Waals surface area contributed by atoms with Crippen LogP contribution in [-0.2, 0) is 20.2 Å². The second kappa shape index (κ2) is 20.7. The third-order valence-corrected chi connectivity index (χ3v) is 16.8. The Bertz CT molecular complexity index is 2960. The Morgan fingerprint density at radius 3 is 1.45 bits per heavy atom. The first kappa shape index (κ1) is 48.7. The highest BCUT2D eigenvalue weighted by Crippen LogP contribution is 2.49. The topological polar surface area (TPSA) is 292 Å². The predicted octanol–water partition coefficient (Wildman–Crippen LogP) is 9.82. The highest BCUT2D eigenvalue weighted by Gasteiger charge is 2.29. The van der Waals surface area contributed by atoms with Crippen molar-refractivity contribution in [1.29, 1.82) is 0 Å². The second-order valence-electron chi connectivity index (χ2n) is 13.4. The number of nitrogens with zero attached hydrogens (tertiary/aromatic N) is 11. The highest BCUT2D eigenvalue weighted by molar-refractivity contribution is 7.99. The molecule has 5 N–H and O–H groups in total. The van der Waals surface area contributed by atoms with Crippen LogP contribution in [0.15, 0.2) is 70.4 Å². The molecule has 0 saturated heterocycles. The lowest BCUT2D eigenvalue weighted by Gasteiger charge is -2.22. The fraction of sp³-hybridized carbons (Fsp3) is 0.324. The van der Waals surface area contributed by atoms with Gasteiger partial charge in [-0.05, 0) is 87.2 Å². The molecule has 29 heteroatoms. The Morgan fingerprint density at radius 2 is 1.09 bits per heavy atom. The summed E-state index contributed by atoms with van der Waals surface area (Å²) < 4.78 is 86.6. The van der Waals surface area contributed by atoms with Gasteiger partial charge in [0.05, 0.1) is 43.0 Å². The van der Waals surface area contributed by atoms with Crippen LogP contribution in [0.3, 0.4) is 0 Å². The van der Waals surface area contributed by atoms with E-state index in [-0.39, 0.29) is 59.3 Å². The summed E-state index contributed by atoms with van der Waals surface area (Å²) in [6.07, 6.45) is 0. The number of aliphatic hydroxyl groups is 1. The zero-order chi connectivity index (χ0) is 47.3. The van der Waals surface area contributed by atoms with Crippen LogP contribution in [-0.4, -0.2) is 108 Å². The smallest absolute Gasteiger partial charge is 0.307 e. The van der Waals surface area contributed by atoms with E-state index >= 15 is 0 Å². The van der Waals surface area contributed by atoms with Crippen LogP contribution in [0.4, 0.5) is 56.0 Å². The molecule has 350 valence electrons. The summed E-state index contributed by atoms with van der Waals surface area (Å²) in [5, 5.41) is 35.6. The van der Waals surface area contributed by atoms with Crippen molar-refractivity contribution >= 4 is 154 Å². The lowest BCUT2D eigenvalue weighted by Crippen LogP contribution is -2.21. The monoisotopic (exact) mass is 1040 g/mol. The largest absolute Gasteiger partial charge is 0.494 e. The van der Waals surface area contributed by atoms with Gasteiger partial charge in [0.1, 0.15) is 21.0 Å². The van der Waals surface area contributed by atoms with Crippen LogP contribution in [0.2, 0.25) is 0 Å². The Balaban J connectivity index is 1.29. The molecule has 0 aliphatic heterocycles. The highest BCUT2D eigenvalue weighted by atomic mass is 32.3. The number of thioether (sulfide) groups is 1. The molecule has 0 atom stereocenters. The standard InChI is InChI=1S/C37H41N13O9S7/c1-7-49(8-2)19-11-13-21(43-45-29-25-27(58-5)33(65(52,53)54)61-31(25)47-63-29)23(17-19)38-35-40-36(42-37(41-35)60-16-15-51)39-24-18-20(50(9-3)10-4)12-14-22(24)44-46-30-26-28(59-6)34(66(55,56)57)62-32(26)48-64-30/h11-14,17-18,51H,7-10,15-16H2,1-6H3,(H,52,53,54)(H,55,56,57)(H2,38,39,40,41,42)/b45-43+,46-44+. The summed E-state index contributed by atoms with van der Waals surface area (Å²) in [5.41, 5.74) is 3.33. The molecule has 0 fully saturated rings. The van der Waals surface area contributed by atoms with E-state index in [0.717, 1.165) is 57.1 Å². The van der Waals surface area contributed by atoms with E-state index in [1.165, 1.54) is 26.0 Å². The van der Waals surface area contributed by atoms with Crippen LogP contribution in [0.1, 0.15) is 27.7 Å². The van der Waals surface area contributed by atoms with E-state index in [2.05, 4.69) is 59.6 Å². The van der Waals surface area contributed by atoms with E-state index in [4.69, 9.17) is 14.5 Å². The normalized spacial score (nSPS) is 12.3. The average Bonchev–Trinajstić information content (AvgIpc) is 4.07. The van der Waals surface area contributed by atoms with Crippen molar-refractivity contribution in [1.82, 2.24) is 23.7 Å². The molecular weight excluding hydrogens is 995 g/mol. The van der Waals surface area contributed by atoms with Crippen molar-refractivity contribution in [3.63, 3.8) is 0 Å². The van der Waals surface area contributed by atoms with E-state index in [9.17, 15) is 31.0 Å². The van der Waals surface area contributed by atoms with Gasteiger partial charge in [-0.2, -0.15) is 40.5 Å². The van der Waals surface area contributed by atoms with Gasteiger partial charge >= 0.3 is 20.2 Å². The third-order valence-electron chi connectivity index (χ3n) is 9.51. The predicted molar refractivity (Wildman–Crippen MR) is 260 cm³/mol. The maximum Gasteiger partial charge on any atom is 0.307 e. The van der Waals surface area contributed by atoms with Gasteiger partial charge in [0, 0.05) is 43.3 Å². The number of benzene rings is 2. The van der Waals surface area contributed by atoms with Crippen molar-refractivity contribution < 1.29 is 40.5 Å². The number of hydrogen-bond donors (Lipinski definition) is 5. The molecule has 7 rings (SSSR count). The number of fused-ring (bicyclic) bond motifs is 2. The Kier molecular flexibility index (Phi) is 15.3. The summed E-state index contributed by atoms with van der Waals surface area (Å²) >= 11 is 4.67. The average molecular weight is 1040 g/mol. The van der Waals surface area contributed by atoms with Gasteiger partial charge in [0.25, 0.3) is 0 Å². The molecule has 0 bridgehead atoms. The number of anilines is 6. The van der Waals surface area contributed by atoms with Gasteiger partial charge in [0.15, 0.2) is 35.1 Å². The zero-order valence-electron chi connectivity index (χ0n) is 35.8. The number of methoxy groups -OCH3 is 2. The van der Waals surface area contributed by atoms with Crippen LogP contribution in [0.25, 0.3) is 20.4 Å². The molecule has 0 saturated carbocycles. The van der Waals surface area contributed by atoms with E-state index < -0.39 is 20.2 Å². The molecule has 5 aromatic heterocycles. The number of aromatic nitrogens is 5. The minimum Gasteiger partial charge on any atom is -0.494 e. The maximum absolute atomic E-state index is 12.1. The van der Waals surface area contributed by atoms with Crippen LogP contribution in [0, 0.1) is 0 Å². The van der Waals surface area contributed by atoms with Crippen molar-refractivity contribution in [2.75, 3.05) is 73.2 Å². The zero-order valence-corrected chi connectivity index (χ0v) is 41.5. The quantitative estimate of drug-likeness (QED) is 0.0254. The number of thiophene rings is 2. The number of azo groups is 2. The van der Waals surface area contributed by atoms with Crippen molar-refractivity contribution in [3.05, 3.63) is 36.4 Å². The van der Waals surface area contributed by atoms with Crippen LogP contribution >= 0.6 is 57.5 Å². The first-order valence-corrected chi connectivity index (χ1v) is 26.7. The third kappa shape index (κ3) is 10.5. The molecule has 0 unspecified atom stereocenters. The fourth-order valence-corrected chi connectivity index (χ4v) is 12.6. The number of hydrogen-bond acceptors (Lipinski definition) is 25. The minimum atomic E-state index is -4.60. The van der Waals surface area contributed by atoms with Gasteiger partial charge in [0.2, 0.25) is 11.9 Å². The maximum atomic E-state index is 12.1.